The topological polar surface area (TPSA) is 9.72 Å². The zero-order valence-corrected chi connectivity index (χ0v) is 18.4. The van der Waals surface area contributed by atoms with E-state index in [0.29, 0.717) is 11.8 Å². The molecule has 0 saturated carbocycles. The van der Waals surface area contributed by atoms with Gasteiger partial charge in [-0.2, -0.15) is 0 Å². The molecule has 1 heterocycles. The van der Waals surface area contributed by atoms with Gasteiger partial charge in [-0.25, -0.2) is 0 Å². The van der Waals surface area contributed by atoms with Gasteiger partial charge in [-0.05, 0) is 69.1 Å². The van der Waals surface area contributed by atoms with E-state index in [0.717, 1.165) is 39.0 Å². The minimum Gasteiger partial charge on any atom is -0.341 e. The van der Waals surface area contributed by atoms with Gasteiger partial charge >= 0.3 is 0 Å². The smallest absolute Gasteiger partial charge is 0.0443 e. The van der Waals surface area contributed by atoms with Gasteiger partial charge in [-0.1, -0.05) is 50.2 Å². The normalized spacial score (nSPS) is 15.9. The largest absolute Gasteiger partial charge is 0.341 e. The van der Waals surface area contributed by atoms with Crippen molar-refractivity contribution in [1.82, 2.24) is 9.80 Å². The predicted molar refractivity (Wildman–Crippen MR) is 122 cm³/mol. The molecule has 2 aromatic carbocycles. The van der Waals surface area contributed by atoms with Crippen LogP contribution >= 0.6 is 0 Å². The molecule has 3 rings (SSSR count). The average Bonchev–Trinajstić information content (AvgIpc) is 2.78. The predicted octanol–water partition coefficient (Wildman–Crippen LogP) is 4.69. The Balaban J connectivity index is 1.72. The van der Waals surface area contributed by atoms with Crippen molar-refractivity contribution >= 4 is 11.4 Å². The molecular formula is C25H37N3. The Hall–Kier alpha value is -1.84. The van der Waals surface area contributed by atoms with Crippen LogP contribution < -0.4 is 4.90 Å². The third-order valence-corrected chi connectivity index (χ3v) is 5.65. The molecule has 0 saturated heterocycles. The molecule has 1 aliphatic heterocycles. The van der Waals surface area contributed by atoms with Crippen LogP contribution in [0.25, 0.3) is 0 Å². The summed E-state index contributed by atoms with van der Waals surface area (Å²) in [5, 5.41) is 0. The Kier molecular flexibility index (Phi) is 7.14. The number of aryl methyl sites for hydroxylation is 2. The van der Waals surface area contributed by atoms with Gasteiger partial charge < -0.3 is 14.7 Å². The Bertz CT molecular complexity index is 707. The summed E-state index contributed by atoms with van der Waals surface area (Å²) in [5.41, 5.74) is 5.73. The molecule has 0 spiro atoms. The van der Waals surface area contributed by atoms with Crippen LogP contribution in [0, 0.1) is 11.8 Å². The van der Waals surface area contributed by atoms with Gasteiger partial charge in [0.2, 0.25) is 0 Å². The van der Waals surface area contributed by atoms with E-state index in [4.69, 9.17) is 0 Å². The van der Waals surface area contributed by atoms with Gasteiger partial charge in [-0.3, -0.25) is 0 Å². The molecule has 0 bridgehead atoms. The molecule has 2 aromatic rings. The molecule has 3 heteroatoms. The van der Waals surface area contributed by atoms with Crippen LogP contribution in [0.5, 0.6) is 0 Å². The third kappa shape index (κ3) is 5.36. The fourth-order valence-electron chi connectivity index (χ4n) is 4.76. The molecule has 0 N–H and O–H groups in total. The standard InChI is InChI=1S/C25H37N3/c1-20(16-26(3)4)17-27(5)18-21(2)19-28-24-12-8-6-10-22(24)14-15-23-11-7-9-13-25(23)28/h6-13,20-21H,14-19H2,1-5H3. The highest BCUT2D eigenvalue weighted by Crippen LogP contribution is 2.36. The van der Waals surface area contributed by atoms with Crippen molar-refractivity contribution in [2.45, 2.75) is 26.7 Å². The highest BCUT2D eigenvalue weighted by molar-refractivity contribution is 5.71. The molecule has 3 nitrogen and oxygen atoms in total. The van der Waals surface area contributed by atoms with Crippen LogP contribution in [-0.2, 0) is 12.8 Å². The maximum atomic E-state index is 2.57. The third-order valence-electron chi connectivity index (χ3n) is 5.65. The highest BCUT2D eigenvalue weighted by Gasteiger charge is 2.22. The summed E-state index contributed by atoms with van der Waals surface area (Å²) >= 11 is 0. The first-order chi connectivity index (χ1) is 13.4. The zero-order valence-electron chi connectivity index (χ0n) is 18.4. The summed E-state index contributed by atoms with van der Waals surface area (Å²) in [6, 6.07) is 17.9. The number of para-hydroxylation sites is 2. The maximum absolute atomic E-state index is 2.57. The second-order valence-corrected chi connectivity index (χ2v) is 9.06. The molecule has 0 fully saturated rings. The van der Waals surface area contributed by atoms with E-state index >= 15 is 0 Å². The van der Waals surface area contributed by atoms with Crippen LogP contribution in [0.4, 0.5) is 11.4 Å². The second-order valence-electron chi connectivity index (χ2n) is 9.06. The fraction of sp³-hybridized carbons (Fsp3) is 0.520. The highest BCUT2D eigenvalue weighted by atomic mass is 15.2. The molecule has 0 amide bonds. The summed E-state index contributed by atoms with van der Waals surface area (Å²) < 4.78 is 0. The minimum absolute atomic E-state index is 0.593. The number of anilines is 2. The number of nitrogens with zero attached hydrogens (tertiary/aromatic N) is 3. The van der Waals surface area contributed by atoms with Gasteiger partial charge in [0.1, 0.15) is 0 Å². The molecule has 152 valence electrons. The first-order valence-corrected chi connectivity index (χ1v) is 10.7. The lowest BCUT2D eigenvalue weighted by atomic mass is 10.0. The van der Waals surface area contributed by atoms with Crippen molar-refractivity contribution in [2.24, 2.45) is 11.8 Å². The lowest BCUT2D eigenvalue weighted by Gasteiger charge is -2.32. The van der Waals surface area contributed by atoms with Gasteiger partial charge in [0.05, 0.1) is 0 Å². The zero-order chi connectivity index (χ0) is 20.1. The van der Waals surface area contributed by atoms with Gasteiger partial charge in [0.15, 0.2) is 0 Å². The molecule has 28 heavy (non-hydrogen) atoms. The quantitative estimate of drug-likeness (QED) is 0.659. The maximum Gasteiger partial charge on any atom is 0.0443 e. The van der Waals surface area contributed by atoms with E-state index in [1.807, 2.05) is 0 Å². The molecule has 0 radical (unpaired) electrons. The van der Waals surface area contributed by atoms with E-state index in [1.54, 1.807) is 0 Å². The number of hydrogen-bond donors (Lipinski definition) is 0. The van der Waals surface area contributed by atoms with E-state index in [-0.39, 0.29) is 0 Å². The number of fused-ring (bicyclic) bond motifs is 2. The number of hydrogen-bond acceptors (Lipinski definition) is 3. The molecule has 2 unspecified atom stereocenters. The first-order valence-electron chi connectivity index (χ1n) is 10.7. The lowest BCUT2D eigenvalue weighted by Crippen LogP contribution is -2.36. The van der Waals surface area contributed by atoms with Crippen LogP contribution in [-0.4, -0.2) is 57.1 Å². The number of benzene rings is 2. The van der Waals surface area contributed by atoms with Crippen molar-refractivity contribution in [1.29, 1.82) is 0 Å². The van der Waals surface area contributed by atoms with Crippen LogP contribution in [0.3, 0.4) is 0 Å². The Morgan fingerprint density at radius 3 is 1.79 bits per heavy atom. The van der Waals surface area contributed by atoms with Crippen molar-refractivity contribution in [3.63, 3.8) is 0 Å². The summed E-state index contributed by atoms with van der Waals surface area (Å²) in [6.45, 7) is 9.21. The fourth-order valence-corrected chi connectivity index (χ4v) is 4.76. The van der Waals surface area contributed by atoms with Crippen LogP contribution in [0.1, 0.15) is 25.0 Å². The van der Waals surface area contributed by atoms with Gasteiger partial charge in [0.25, 0.3) is 0 Å². The SMILES string of the molecule is CC(CN(C)C)CN(C)CC(C)CN1c2ccccc2CCc2ccccc21. The average molecular weight is 380 g/mol. The first kappa shape index (κ1) is 20.9. The van der Waals surface area contributed by atoms with Gasteiger partial charge in [0, 0.05) is 37.6 Å². The summed E-state index contributed by atoms with van der Waals surface area (Å²) in [4.78, 5) is 7.36. The van der Waals surface area contributed by atoms with Crippen molar-refractivity contribution < 1.29 is 0 Å². The molecule has 2 atom stereocenters. The minimum atomic E-state index is 0.593. The monoisotopic (exact) mass is 379 g/mol. The molecule has 1 aliphatic rings. The van der Waals surface area contributed by atoms with E-state index in [2.05, 4.69) is 98.2 Å². The Labute approximate surface area is 172 Å². The van der Waals surface area contributed by atoms with Crippen LogP contribution in [0.2, 0.25) is 0 Å². The Morgan fingerprint density at radius 2 is 1.25 bits per heavy atom. The summed E-state index contributed by atoms with van der Waals surface area (Å²) in [7, 11) is 6.59. The van der Waals surface area contributed by atoms with Gasteiger partial charge in [-0.15, -0.1) is 0 Å². The number of rotatable bonds is 8. The lowest BCUT2D eigenvalue weighted by molar-refractivity contribution is 0.224. The van der Waals surface area contributed by atoms with Crippen molar-refractivity contribution in [2.75, 3.05) is 52.2 Å². The molecule has 0 aromatic heterocycles. The van der Waals surface area contributed by atoms with Crippen molar-refractivity contribution in [3.05, 3.63) is 59.7 Å². The van der Waals surface area contributed by atoms with Crippen molar-refractivity contribution in [3.8, 4) is 0 Å². The summed E-state index contributed by atoms with van der Waals surface area (Å²) in [5.74, 6) is 1.28. The molecular weight excluding hydrogens is 342 g/mol. The molecule has 0 aliphatic carbocycles. The van der Waals surface area contributed by atoms with Crippen LogP contribution in [0.15, 0.2) is 48.5 Å². The van der Waals surface area contributed by atoms with E-state index in [1.165, 1.54) is 22.5 Å². The van der Waals surface area contributed by atoms with E-state index < -0.39 is 0 Å². The van der Waals surface area contributed by atoms with E-state index in [9.17, 15) is 0 Å². The Morgan fingerprint density at radius 1 is 0.750 bits per heavy atom. The second kappa shape index (κ2) is 9.58. The summed E-state index contributed by atoms with van der Waals surface area (Å²) in [6.07, 6.45) is 2.25.